The molecule has 0 fully saturated rings. The number of carbonyl (C=O) groups is 1. The number of amides is 1. The fraction of sp³-hybridized carbons (Fsp3) is 0.312. The Morgan fingerprint density at radius 3 is 2.35 bits per heavy atom. The smallest absolute Gasteiger partial charge is 0.251 e. The van der Waals surface area contributed by atoms with E-state index in [0.29, 0.717) is 5.56 Å². The van der Waals surface area contributed by atoms with Gasteiger partial charge in [-0.1, -0.05) is 0 Å². The van der Waals surface area contributed by atoms with Gasteiger partial charge in [0, 0.05) is 22.9 Å². The standard InChI is InChI=1S/C16H20N2O2/c1-11(2)17-16(19)13-4-6-15(7-5-13)18-12(3)14-8-9-20-10-14/h4-12,18H,1-3H3,(H,17,19). The second kappa shape index (κ2) is 6.28. The molecule has 0 saturated heterocycles. The number of carbonyl (C=O) groups excluding carboxylic acids is 1. The monoisotopic (exact) mass is 272 g/mol. The SMILES string of the molecule is CC(C)NC(=O)c1ccc(NC(C)c2ccoc2)cc1. The molecular formula is C16H20N2O2. The molecule has 106 valence electrons. The van der Waals surface area contributed by atoms with E-state index >= 15 is 0 Å². The van der Waals surface area contributed by atoms with Gasteiger partial charge in [0.05, 0.1) is 18.6 Å². The van der Waals surface area contributed by atoms with Gasteiger partial charge in [-0.3, -0.25) is 4.79 Å². The summed E-state index contributed by atoms with van der Waals surface area (Å²) >= 11 is 0. The predicted molar refractivity (Wildman–Crippen MR) is 79.8 cm³/mol. The Labute approximate surface area is 119 Å². The van der Waals surface area contributed by atoms with Gasteiger partial charge in [0.15, 0.2) is 0 Å². The number of rotatable bonds is 5. The summed E-state index contributed by atoms with van der Waals surface area (Å²) in [4.78, 5) is 11.8. The van der Waals surface area contributed by atoms with E-state index < -0.39 is 0 Å². The van der Waals surface area contributed by atoms with Crippen molar-refractivity contribution in [2.45, 2.75) is 32.9 Å². The first-order valence-electron chi connectivity index (χ1n) is 6.76. The summed E-state index contributed by atoms with van der Waals surface area (Å²) in [6.07, 6.45) is 3.38. The number of benzene rings is 1. The molecule has 0 spiro atoms. The molecule has 1 aromatic carbocycles. The van der Waals surface area contributed by atoms with Crippen LogP contribution in [0.15, 0.2) is 47.3 Å². The van der Waals surface area contributed by atoms with Crippen LogP contribution in [0.1, 0.15) is 42.7 Å². The summed E-state index contributed by atoms with van der Waals surface area (Å²) in [5.74, 6) is -0.0468. The van der Waals surface area contributed by atoms with Crippen molar-refractivity contribution in [3.63, 3.8) is 0 Å². The Bertz CT molecular complexity index is 544. The van der Waals surface area contributed by atoms with Crippen LogP contribution < -0.4 is 10.6 Å². The van der Waals surface area contributed by atoms with Gasteiger partial charge in [-0.25, -0.2) is 0 Å². The molecule has 4 nitrogen and oxygen atoms in total. The molecule has 1 unspecified atom stereocenters. The zero-order valence-electron chi connectivity index (χ0n) is 12.0. The van der Waals surface area contributed by atoms with Crippen LogP contribution in [0.4, 0.5) is 5.69 Å². The molecular weight excluding hydrogens is 252 g/mol. The zero-order valence-corrected chi connectivity index (χ0v) is 12.0. The summed E-state index contributed by atoms with van der Waals surface area (Å²) in [7, 11) is 0. The minimum Gasteiger partial charge on any atom is -0.472 e. The van der Waals surface area contributed by atoms with Crippen LogP contribution in [0.3, 0.4) is 0 Å². The van der Waals surface area contributed by atoms with E-state index in [1.54, 1.807) is 12.5 Å². The van der Waals surface area contributed by atoms with E-state index in [9.17, 15) is 4.79 Å². The van der Waals surface area contributed by atoms with Gasteiger partial charge in [-0.15, -0.1) is 0 Å². The van der Waals surface area contributed by atoms with Crippen LogP contribution >= 0.6 is 0 Å². The second-order valence-corrected chi connectivity index (χ2v) is 5.13. The third-order valence-corrected chi connectivity index (χ3v) is 2.99. The summed E-state index contributed by atoms with van der Waals surface area (Å²) in [6.45, 7) is 5.95. The second-order valence-electron chi connectivity index (χ2n) is 5.13. The molecule has 0 aliphatic carbocycles. The maximum atomic E-state index is 11.8. The van der Waals surface area contributed by atoms with E-state index in [4.69, 9.17) is 4.42 Å². The van der Waals surface area contributed by atoms with Gasteiger partial charge < -0.3 is 15.1 Å². The number of nitrogens with one attached hydrogen (secondary N) is 2. The molecule has 2 aromatic rings. The van der Waals surface area contributed by atoms with Crippen molar-refractivity contribution in [3.8, 4) is 0 Å². The first-order chi connectivity index (χ1) is 9.56. The third-order valence-electron chi connectivity index (χ3n) is 2.99. The maximum absolute atomic E-state index is 11.8. The van der Waals surface area contributed by atoms with Crippen LogP contribution in [-0.2, 0) is 0 Å². The molecule has 1 aromatic heterocycles. The molecule has 1 heterocycles. The highest BCUT2D eigenvalue weighted by Crippen LogP contribution is 2.19. The fourth-order valence-electron chi connectivity index (χ4n) is 1.92. The zero-order chi connectivity index (χ0) is 14.5. The summed E-state index contributed by atoms with van der Waals surface area (Å²) in [5, 5.41) is 6.23. The number of hydrogen-bond acceptors (Lipinski definition) is 3. The normalized spacial score (nSPS) is 12.2. The average Bonchev–Trinajstić information content (AvgIpc) is 2.92. The number of furan rings is 1. The Kier molecular flexibility index (Phi) is 4.45. The largest absolute Gasteiger partial charge is 0.472 e. The molecule has 0 aliphatic rings. The predicted octanol–water partition coefficient (Wildman–Crippen LogP) is 3.59. The highest BCUT2D eigenvalue weighted by molar-refractivity contribution is 5.94. The molecule has 4 heteroatoms. The molecule has 1 atom stereocenters. The molecule has 0 bridgehead atoms. The van der Waals surface area contributed by atoms with Gasteiger partial charge >= 0.3 is 0 Å². The minimum atomic E-state index is -0.0468. The first kappa shape index (κ1) is 14.2. The van der Waals surface area contributed by atoms with Crippen LogP contribution in [-0.4, -0.2) is 11.9 Å². The highest BCUT2D eigenvalue weighted by Gasteiger charge is 2.09. The molecule has 2 rings (SSSR count). The van der Waals surface area contributed by atoms with Crippen molar-refractivity contribution >= 4 is 11.6 Å². The van der Waals surface area contributed by atoms with E-state index in [-0.39, 0.29) is 18.0 Å². The van der Waals surface area contributed by atoms with E-state index in [2.05, 4.69) is 17.6 Å². The van der Waals surface area contributed by atoms with E-state index in [1.807, 2.05) is 44.2 Å². The number of hydrogen-bond donors (Lipinski definition) is 2. The molecule has 2 N–H and O–H groups in total. The Balaban J connectivity index is 1.99. The van der Waals surface area contributed by atoms with Crippen molar-refractivity contribution in [1.82, 2.24) is 5.32 Å². The van der Waals surface area contributed by atoms with Crippen LogP contribution in [0.25, 0.3) is 0 Å². The third kappa shape index (κ3) is 3.63. The molecule has 0 saturated carbocycles. The molecule has 20 heavy (non-hydrogen) atoms. The van der Waals surface area contributed by atoms with E-state index in [1.165, 1.54) is 0 Å². The van der Waals surface area contributed by atoms with Gasteiger partial charge in [0.25, 0.3) is 5.91 Å². The lowest BCUT2D eigenvalue weighted by Gasteiger charge is -2.14. The Morgan fingerprint density at radius 2 is 1.80 bits per heavy atom. The molecule has 0 radical (unpaired) electrons. The van der Waals surface area contributed by atoms with Crippen molar-refractivity contribution in [2.75, 3.05) is 5.32 Å². The fourth-order valence-corrected chi connectivity index (χ4v) is 1.92. The lowest BCUT2D eigenvalue weighted by atomic mass is 10.1. The Hall–Kier alpha value is -2.23. The van der Waals surface area contributed by atoms with Crippen molar-refractivity contribution < 1.29 is 9.21 Å². The van der Waals surface area contributed by atoms with Gasteiger partial charge in [0.2, 0.25) is 0 Å². The van der Waals surface area contributed by atoms with Gasteiger partial charge in [0.1, 0.15) is 0 Å². The summed E-state index contributed by atoms with van der Waals surface area (Å²) in [6, 6.07) is 9.69. The van der Waals surface area contributed by atoms with Crippen LogP contribution in [0, 0.1) is 0 Å². The van der Waals surface area contributed by atoms with Crippen LogP contribution in [0.5, 0.6) is 0 Å². The van der Waals surface area contributed by atoms with Gasteiger partial charge in [-0.05, 0) is 51.1 Å². The van der Waals surface area contributed by atoms with Crippen LogP contribution in [0.2, 0.25) is 0 Å². The lowest BCUT2D eigenvalue weighted by molar-refractivity contribution is 0.0943. The Morgan fingerprint density at radius 1 is 1.10 bits per heavy atom. The molecule has 0 aliphatic heterocycles. The average molecular weight is 272 g/mol. The maximum Gasteiger partial charge on any atom is 0.251 e. The van der Waals surface area contributed by atoms with Gasteiger partial charge in [-0.2, -0.15) is 0 Å². The minimum absolute atomic E-state index is 0.0468. The topological polar surface area (TPSA) is 54.3 Å². The summed E-state index contributed by atoms with van der Waals surface area (Å²) in [5.41, 5.74) is 2.73. The van der Waals surface area contributed by atoms with E-state index in [0.717, 1.165) is 11.3 Å². The first-order valence-corrected chi connectivity index (χ1v) is 6.76. The van der Waals surface area contributed by atoms with Crippen molar-refractivity contribution in [1.29, 1.82) is 0 Å². The number of anilines is 1. The summed E-state index contributed by atoms with van der Waals surface area (Å²) < 4.78 is 5.07. The lowest BCUT2D eigenvalue weighted by Crippen LogP contribution is -2.29. The quantitative estimate of drug-likeness (QED) is 0.874. The highest BCUT2D eigenvalue weighted by atomic mass is 16.3. The van der Waals surface area contributed by atoms with Crippen molar-refractivity contribution in [2.24, 2.45) is 0 Å². The molecule has 1 amide bonds. The van der Waals surface area contributed by atoms with Crippen molar-refractivity contribution in [3.05, 3.63) is 54.0 Å².